The van der Waals surface area contributed by atoms with Gasteiger partial charge in [0.2, 0.25) is 5.91 Å². The Kier molecular flexibility index (Phi) is 2.81. The van der Waals surface area contributed by atoms with Crippen molar-refractivity contribution in [2.75, 3.05) is 13.1 Å². The van der Waals surface area contributed by atoms with Gasteiger partial charge in [0, 0.05) is 13.0 Å². The molecule has 4 nitrogen and oxygen atoms in total. The lowest BCUT2D eigenvalue weighted by molar-refractivity contribution is -0.142. The molecule has 0 spiro atoms. The van der Waals surface area contributed by atoms with E-state index >= 15 is 0 Å². The van der Waals surface area contributed by atoms with Crippen LogP contribution >= 0.6 is 0 Å². The number of hydrogen-bond acceptors (Lipinski definition) is 3. The monoisotopic (exact) mass is 171 g/mol. The minimum Gasteiger partial charge on any atom is -0.385 e. The molecule has 1 fully saturated rings. The maximum atomic E-state index is 11.1. The zero-order chi connectivity index (χ0) is 9.14. The van der Waals surface area contributed by atoms with Gasteiger partial charge in [-0.1, -0.05) is 6.92 Å². The third-order valence-corrected chi connectivity index (χ3v) is 2.05. The van der Waals surface area contributed by atoms with Crippen LogP contribution in [0.4, 0.5) is 0 Å². The minimum absolute atomic E-state index is 0.0183. The number of aliphatic hydroxyl groups is 1. The average Bonchev–Trinajstić information content (AvgIpc) is 2.08. The molecule has 0 aromatic rings. The van der Waals surface area contributed by atoms with Crippen molar-refractivity contribution in [2.45, 2.75) is 25.9 Å². The number of piperidine rings is 1. The predicted molar refractivity (Wildman–Crippen MR) is 42.5 cm³/mol. The molecule has 1 aliphatic heterocycles. The van der Waals surface area contributed by atoms with Crippen LogP contribution in [0.3, 0.4) is 0 Å². The molecule has 0 aromatic heterocycles. The number of amides is 1. The number of carbonyl (C=O) groups excluding carboxylic acids is 2. The van der Waals surface area contributed by atoms with Crippen LogP contribution in [0.25, 0.3) is 0 Å². The Hall–Kier alpha value is -0.900. The fraction of sp³-hybridized carbons (Fsp3) is 0.750. The van der Waals surface area contributed by atoms with Gasteiger partial charge in [-0.2, -0.15) is 0 Å². The number of Topliss-reactive ketones (excluding diaryl/α,β-unsaturated/α-hetero) is 1. The number of ketones is 1. The van der Waals surface area contributed by atoms with Crippen molar-refractivity contribution < 1.29 is 14.7 Å². The molecule has 1 heterocycles. The highest BCUT2D eigenvalue weighted by atomic mass is 16.3. The highest BCUT2D eigenvalue weighted by Gasteiger charge is 2.26. The Morgan fingerprint density at radius 3 is 2.92 bits per heavy atom. The first-order valence-electron chi connectivity index (χ1n) is 4.13. The number of rotatable bonds is 1. The Labute approximate surface area is 71.2 Å². The fourth-order valence-electron chi connectivity index (χ4n) is 1.25. The molecule has 1 atom stereocenters. The number of aliphatic hydroxyl groups excluding tert-OH is 1. The molecule has 12 heavy (non-hydrogen) atoms. The molecule has 1 N–H and O–H groups in total. The Balaban J connectivity index is 2.51. The third kappa shape index (κ3) is 1.82. The van der Waals surface area contributed by atoms with E-state index in [0.717, 1.165) is 0 Å². The van der Waals surface area contributed by atoms with Gasteiger partial charge in [0.25, 0.3) is 0 Å². The molecule has 68 valence electrons. The van der Waals surface area contributed by atoms with E-state index in [1.165, 1.54) is 4.90 Å². The maximum Gasteiger partial charge on any atom is 0.222 e. The van der Waals surface area contributed by atoms with Crippen molar-refractivity contribution in [3.8, 4) is 0 Å². The van der Waals surface area contributed by atoms with Gasteiger partial charge in [0.05, 0.1) is 6.54 Å². The zero-order valence-electron chi connectivity index (χ0n) is 7.12. The smallest absolute Gasteiger partial charge is 0.222 e. The first-order valence-corrected chi connectivity index (χ1v) is 4.13. The summed E-state index contributed by atoms with van der Waals surface area (Å²) < 4.78 is 0. The van der Waals surface area contributed by atoms with Gasteiger partial charge >= 0.3 is 0 Å². The van der Waals surface area contributed by atoms with E-state index in [1.54, 1.807) is 6.92 Å². The summed E-state index contributed by atoms with van der Waals surface area (Å²) in [6.45, 7) is 2.34. The summed E-state index contributed by atoms with van der Waals surface area (Å²) in [5, 5.41) is 9.06. The first-order chi connectivity index (χ1) is 5.65. The lowest BCUT2D eigenvalue weighted by Gasteiger charge is -2.28. The third-order valence-electron chi connectivity index (χ3n) is 2.05. The van der Waals surface area contributed by atoms with E-state index in [4.69, 9.17) is 5.11 Å². The lowest BCUT2D eigenvalue weighted by atomic mass is 10.1. The zero-order valence-corrected chi connectivity index (χ0v) is 7.12. The van der Waals surface area contributed by atoms with Crippen LogP contribution in [0.1, 0.15) is 19.8 Å². The number of hydrogen-bond donors (Lipinski definition) is 1. The standard InChI is InChI=1S/C8H13NO3/c1-2-8(12)9-4-3-6(10)7(11)5-9/h6,10H,2-5H2,1H3. The van der Waals surface area contributed by atoms with Crippen LogP contribution in [0.2, 0.25) is 0 Å². The fourth-order valence-corrected chi connectivity index (χ4v) is 1.25. The van der Waals surface area contributed by atoms with E-state index in [0.29, 0.717) is 19.4 Å². The van der Waals surface area contributed by atoms with Crippen LogP contribution in [0, 0.1) is 0 Å². The summed E-state index contributed by atoms with van der Waals surface area (Å²) in [5.41, 5.74) is 0. The van der Waals surface area contributed by atoms with E-state index in [2.05, 4.69) is 0 Å². The summed E-state index contributed by atoms with van der Waals surface area (Å²) in [4.78, 5) is 23.6. The molecule has 0 bridgehead atoms. The van der Waals surface area contributed by atoms with Crippen LogP contribution in [-0.4, -0.2) is 40.9 Å². The first kappa shape index (κ1) is 9.19. The van der Waals surface area contributed by atoms with Gasteiger partial charge in [-0.25, -0.2) is 0 Å². The van der Waals surface area contributed by atoms with Crippen molar-refractivity contribution >= 4 is 11.7 Å². The van der Waals surface area contributed by atoms with Gasteiger partial charge < -0.3 is 10.0 Å². The highest BCUT2D eigenvalue weighted by molar-refractivity contribution is 5.89. The summed E-state index contributed by atoms with van der Waals surface area (Å²) in [6, 6.07) is 0. The SMILES string of the molecule is CCC(=O)N1CCC(O)C(=O)C1. The van der Waals surface area contributed by atoms with Crippen molar-refractivity contribution in [2.24, 2.45) is 0 Å². The molecule has 1 saturated heterocycles. The number of nitrogens with zero attached hydrogens (tertiary/aromatic N) is 1. The molecule has 0 aliphatic carbocycles. The van der Waals surface area contributed by atoms with Crippen LogP contribution in [-0.2, 0) is 9.59 Å². The molecule has 1 amide bonds. The molecule has 0 saturated carbocycles. The largest absolute Gasteiger partial charge is 0.385 e. The van der Waals surface area contributed by atoms with E-state index in [9.17, 15) is 9.59 Å². The van der Waals surface area contributed by atoms with Gasteiger partial charge in [0.1, 0.15) is 6.10 Å². The second-order valence-corrected chi connectivity index (χ2v) is 2.94. The van der Waals surface area contributed by atoms with Crippen LogP contribution in [0.15, 0.2) is 0 Å². The molecular formula is C8H13NO3. The second-order valence-electron chi connectivity index (χ2n) is 2.94. The highest BCUT2D eigenvalue weighted by Crippen LogP contribution is 2.07. The van der Waals surface area contributed by atoms with Crippen molar-refractivity contribution in [1.82, 2.24) is 4.90 Å². The van der Waals surface area contributed by atoms with E-state index < -0.39 is 6.10 Å². The normalized spacial score (nSPS) is 24.3. The average molecular weight is 171 g/mol. The molecule has 4 heteroatoms. The molecule has 1 aliphatic rings. The molecule has 0 radical (unpaired) electrons. The molecule has 0 aromatic carbocycles. The van der Waals surface area contributed by atoms with Crippen LogP contribution < -0.4 is 0 Å². The van der Waals surface area contributed by atoms with Crippen molar-refractivity contribution in [3.63, 3.8) is 0 Å². The summed E-state index contributed by atoms with van der Waals surface area (Å²) in [7, 11) is 0. The van der Waals surface area contributed by atoms with Crippen LogP contribution in [0.5, 0.6) is 0 Å². The lowest BCUT2D eigenvalue weighted by Crippen LogP contribution is -2.46. The summed E-state index contributed by atoms with van der Waals surface area (Å²) in [6.07, 6.45) is -0.0561. The Morgan fingerprint density at radius 2 is 2.42 bits per heavy atom. The Bertz CT molecular complexity index is 200. The van der Waals surface area contributed by atoms with Gasteiger partial charge in [-0.05, 0) is 6.42 Å². The predicted octanol–water partition coefficient (Wildman–Crippen LogP) is -0.441. The molecular weight excluding hydrogens is 158 g/mol. The summed E-state index contributed by atoms with van der Waals surface area (Å²) >= 11 is 0. The van der Waals surface area contributed by atoms with Gasteiger partial charge in [-0.15, -0.1) is 0 Å². The molecule has 1 unspecified atom stereocenters. The summed E-state index contributed by atoms with van der Waals surface area (Å²) in [5.74, 6) is -0.265. The maximum absolute atomic E-state index is 11.1. The van der Waals surface area contributed by atoms with E-state index in [-0.39, 0.29) is 18.2 Å². The van der Waals surface area contributed by atoms with E-state index in [1.807, 2.05) is 0 Å². The second kappa shape index (κ2) is 3.67. The number of carbonyl (C=O) groups is 2. The number of likely N-dealkylation sites (tertiary alicyclic amines) is 1. The topological polar surface area (TPSA) is 57.6 Å². The van der Waals surface area contributed by atoms with Gasteiger partial charge in [-0.3, -0.25) is 9.59 Å². The van der Waals surface area contributed by atoms with Crippen molar-refractivity contribution in [1.29, 1.82) is 0 Å². The molecule has 1 rings (SSSR count). The van der Waals surface area contributed by atoms with Gasteiger partial charge in [0.15, 0.2) is 5.78 Å². The van der Waals surface area contributed by atoms with Crippen molar-refractivity contribution in [3.05, 3.63) is 0 Å². The quantitative estimate of drug-likeness (QED) is 0.581. The Morgan fingerprint density at radius 1 is 1.75 bits per heavy atom. The minimum atomic E-state index is -0.856.